The Bertz CT molecular complexity index is 978. The molecule has 4 fully saturated rings. The van der Waals surface area contributed by atoms with Crippen molar-refractivity contribution in [3.8, 4) is 5.75 Å². The molecule has 4 aliphatic carbocycles. The summed E-state index contributed by atoms with van der Waals surface area (Å²) in [7, 11) is 0. The van der Waals surface area contributed by atoms with E-state index >= 15 is 0 Å². The van der Waals surface area contributed by atoms with E-state index in [4.69, 9.17) is 11.6 Å². The predicted octanol–water partition coefficient (Wildman–Crippen LogP) is 5.96. The molecule has 0 amide bonds. The van der Waals surface area contributed by atoms with Gasteiger partial charge in [0.2, 0.25) is 0 Å². The third-order valence-electron chi connectivity index (χ3n) is 7.21. The molecule has 5 heteroatoms. The van der Waals surface area contributed by atoms with E-state index in [1.807, 2.05) is 0 Å². The second kappa shape index (κ2) is 6.88. The highest BCUT2D eigenvalue weighted by Gasteiger charge is 2.51. The standard InChI is InChI=1S/C24H24ClNO3/c25-21-3-2-19(9-20(21)23(28)29)26-13-17-8-18(1-4-22(17)27)24-10-14-5-15(11-24)7-16(6-14)12-24/h1-4,8-9,13-16,27H,5-7,10-12H2,(H,28,29). The fraction of sp³-hybridized carbons (Fsp3) is 0.417. The van der Waals surface area contributed by atoms with Crippen molar-refractivity contribution in [2.24, 2.45) is 22.7 Å². The lowest BCUT2D eigenvalue weighted by Crippen LogP contribution is -2.48. The first-order chi connectivity index (χ1) is 13.9. The molecule has 150 valence electrons. The summed E-state index contributed by atoms with van der Waals surface area (Å²) >= 11 is 5.93. The van der Waals surface area contributed by atoms with Crippen LogP contribution in [0.4, 0.5) is 5.69 Å². The molecule has 29 heavy (non-hydrogen) atoms. The number of rotatable bonds is 4. The molecule has 0 unspecified atom stereocenters. The van der Waals surface area contributed by atoms with Gasteiger partial charge < -0.3 is 10.2 Å². The molecule has 0 spiro atoms. The van der Waals surface area contributed by atoms with Crippen molar-refractivity contribution in [1.82, 2.24) is 0 Å². The van der Waals surface area contributed by atoms with E-state index in [9.17, 15) is 15.0 Å². The van der Waals surface area contributed by atoms with Crippen LogP contribution in [0.2, 0.25) is 5.02 Å². The van der Waals surface area contributed by atoms with Crippen LogP contribution in [-0.4, -0.2) is 22.4 Å². The normalized spacial score (nSPS) is 30.2. The molecule has 6 rings (SSSR count). The Hall–Kier alpha value is -2.33. The molecule has 4 nitrogen and oxygen atoms in total. The molecule has 0 heterocycles. The monoisotopic (exact) mass is 409 g/mol. The van der Waals surface area contributed by atoms with Crippen LogP contribution in [0.25, 0.3) is 0 Å². The van der Waals surface area contributed by atoms with Gasteiger partial charge >= 0.3 is 5.97 Å². The summed E-state index contributed by atoms with van der Waals surface area (Å²) < 4.78 is 0. The number of aliphatic imine (C=N–C) groups is 1. The summed E-state index contributed by atoms with van der Waals surface area (Å²) in [5.41, 5.74) is 2.75. The van der Waals surface area contributed by atoms with Gasteiger partial charge in [0.25, 0.3) is 0 Å². The minimum atomic E-state index is -1.08. The molecular weight excluding hydrogens is 386 g/mol. The molecule has 2 aromatic rings. The van der Waals surface area contributed by atoms with Crippen molar-refractivity contribution in [3.05, 3.63) is 58.1 Å². The van der Waals surface area contributed by atoms with Crippen LogP contribution >= 0.6 is 11.6 Å². The number of benzene rings is 2. The molecule has 4 saturated carbocycles. The number of carboxylic acids is 1. The van der Waals surface area contributed by atoms with Crippen LogP contribution in [0.3, 0.4) is 0 Å². The van der Waals surface area contributed by atoms with Gasteiger partial charge in [-0.25, -0.2) is 4.79 Å². The maximum Gasteiger partial charge on any atom is 0.337 e. The van der Waals surface area contributed by atoms with Crippen molar-refractivity contribution in [2.75, 3.05) is 0 Å². The first-order valence-corrected chi connectivity index (χ1v) is 10.7. The molecular formula is C24H24ClNO3. The molecule has 0 radical (unpaired) electrons. The van der Waals surface area contributed by atoms with Gasteiger partial charge in [0, 0.05) is 11.8 Å². The summed E-state index contributed by atoms with van der Waals surface area (Å²) in [5.74, 6) is 1.68. The number of halogens is 1. The number of phenolic OH excluding ortho intramolecular Hbond substituents is 1. The highest BCUT2D eigenvalue weighted by molar-refractivity contribution is 6.33. The Morgan fingerprint density at radius 1 is 1.03 bits per heavy atom. The Morgan fingerprint density at radius 3 is 2.31 bits per heavy atom. The highest BCUT2D eigenvalue weighted by atomic mass is 35.5. The number of hydrogen-bond acceptors (Lipinski definition) is 3. The fourth-order valence-electron chi connectivity index (χ4n) is 6.35. The van der Waals surface area contributed by atoms with Gasteiger partial charge in [-0.15, -0.1) is 0 Å². The maximum atomic E-state index is 11.3. The van der Waals surface area contributed by atoms with Gasteiger partial charge in [-0.1, -0.05) is 17.7 Å². The molecule has 0 aromatic heterocycles. The van der Waals surface area contributed by atoms with Crippen LogP contribution < -0.4 is 0 Å². The van der Waals surface area contributed by atoms with Crippen molar-refractivity contribution in [2.45, 2.75) is 43.9 Å². The number of aromatic hydroxyl groups is 1. The molecule has 4 aliphatic rings. The number of hydrogen-bond donors (Lipinski definition) is 2. The Labute approximate surface area is 175 Å². The average molecular weight is 410 g/mol. The minimum absolute atomic E-state index is 0.0212. The first kappa shape index (κ1) is 18.7. The quantitative estimate of drug-likeness (QED) is 0.612. The van der Waals surface area contributed by atoms with Crippen LogP contribution in [0.15, 0.2) is 41.4 Å². The largest absolute Gasteiger partial charge is 0.507 e. The van der Waals surface area contributed by atoms with Gasteiger partial charge in [-0.3, -0.25) is 4.99 Å². The molecule has 0 atom stereocenters. The van der Waals surface area contributed by atoms with Gasteiger partial charge in [0.05, 0.1) is 16.3 Å². The highest BCUT2D eigenvalue weighted by Crippen LogP contribution is 2.60. The number of phenols is 1. The average Bonchev–Trinajstić information content (AvgIpc) is 2.67. The van der Waals surface area contributed by atoms with Crippen molar-refractivity contribution in [1.29, 1.82) is 0 Å². The zero-order valence-electron chi connectivity index (χ0n) is 16.1. The summed E-state index contributed by atoms with van der Waals surface area (Å²) in [6, 6.07) is 10.6. The fourth-order valence-corrected chi connectivity index (χ4v) is 6.55. The molecule has 2 aromatic carbocycles. The van der Waals surface area contributed by atoms with Gasteiger partial charge in [-0.05, 0) is 97.6 Å². The van der Waals surface area contributed by atoms with Crippen molar-refractivity contribution in [3.63, 3.8) is 0 Å². The molecule has 0 saturated heterocycles. The van der Waals surface area contributed by atoms with E-state index in [0.29, 0.717) is 11.3 Å². The molecule has 2 N–H and O–H groups in total. The zero-order valence-corrected chi connectivity index (χ0v) is 16.9. The van der Waals surface area contributed by atoms with Gasteiger partial charge in [-0.2, -0.15) is 0 Å². The van der Waals surface area contributed by atoms with Crippen LogP contribution in [0.1, 0.15) is 60.0 Å². The Balaban J connectivity index is 1.46. The van der Waals surface area contributed by atoms with E-state index in [2.05, 4.69) is 17.1 Å². The SMILES string of the molecule is O=C(O)c1cc(N=Cc2cc(C34CC5CC(CC(C5)C3)C4)ccc2O)ccc1Cl. The summed E-state index contributed by atoms with van der Waals surface area (Å²) in [6.07, 6.45) is 9.60. The van der Waals surface area contributed by atoms with Crippen molar-refractivity contribution < 1.29 is 15.0 Å². The number of nitrogens with zero attached hydrogens (tertiary/aromatic N) is 1. The van der Waals surface area contributed by atoms with E-state index < -0.39 is 5.97 Å². The third kappa shape index (κ3) is 3.33. The first-order valence-electron chi connectivity index (χ1n) is 10.3. The lowest BCUT2D eigenvalue weighted by molar-refractivity contribution is -0.00520. The van der Waals surface area contributed by atoms with E-state index in [-0.39, 0.29) is 21.8 Å². The predicted molar refractivity (Wildman–Crippen MR) is 114 cm³/mol. The second-order valence-corrected chi connectivity index (χ2v) is 9.61. The van der Waals surface area contributed by atoms with Gasteiger partial charge in [0.15, 0.2) is 0 Å². The summed E-state index contributed by atoms with van der Waals surface area (Å²) in [5, 5.41) is 19.8. The third-order valence-corrected chi connectivity index (χ3v) is 7.54. The second-order valence-electron chi connectivity index (χ2n) is 9.20. The van der Waals surface area contributed by atoms with Crippen LogP contribution in [0, 0.1) is 17.8 Å². The summed E-state index contributed by atoms with van der Waals surface area (Å²) in [4.78, 5) is 15.7. The lowest BCUT2D eigenvalue weighted by atomic mass is 9.48. The van der Waals surface area contributed by atoms with E-state index in [0.717, 1.165) is 17.8 Å². The Morgan fingerprint density at radius 2 is 1.69 bits per heavy atom. The van der Waals surface area contributed by atoms with Crippen LogP contribution in [-0.2, 0) is 5.41 Å². The topological polar surface area (TPSA) is 69.9 Å². The van der Waals surface area contributed by atoms with Gasteiger partial charge in [0.1, 0.15) is 5.75 Å². The number of aromatic carboxylic acids is 1. The maximum absolute atomic E-state index is 11.3. The molecule has 4 bridgehead atoms. The van der Waals surface area contributed by atoms with Crippen molar-refractivity contribution >= 4 is 29.5 Å². The number of carboxylic acid groups (broad SMARTS) is 1. The molecule has 0 aliphatic heterocycles. The lowest BCUT2D eigenvalue weighted by Gasteiger charge is -2.57. The Kier molecular flexibility index (Phi) is 4.43. The van der Waals surface area contributed by atoms with E-state index in [1.165, 1.54) is 56.2 Å². The minimum Gasteiger partial charge on any atom is -0.507 e. The smallest absolute Gasteiger partial charge is 0.337 e. The number of carbonyl (C=O) groups is 1. The summed E-state index contributed by atoms with van der Waals surface area (Å²) in [6.45, 7) is 0. The zero-order chi connectivity index (χ0) is 20.2. The van der Waals surface area contributed by atoms with E-state index in [1.54, 1.807) is 18.3 Å². The van der Waals surface area contributed by atoms with Crippen LogP contribution in [0.5, 0.6) is 5.75 Å².